The average Bonchev–Trinajstić information content (AvgIpc) is 2.45. The molecule has 1 atom stereocenters. The first-order valence-corrected chi connectivity index (χ1v) is 6.83. The number of benzene rings is 1. The Hall–Kier alpha value is -2.70. The molecule has 1 heterocycles. The molecule has 22 heavy (non-hydrogen) atoms. The van der Waals surface area contributed by atoms with Crippen molar-refractivity contribution in [3.63, 3.8) is 0 Å². The smallest absolute Gasteiger partial charge is 0.295 e. The van der Waals surface area contributed by atoms with E-state index in [9.17, 15) is 14.9 Å². The average molecular weight is 302 g/mol. The standard InChI is InChI=1S/C15H18N4O3/c1-9-8-12(17-10(2)15(20)18(3)4)11-6-5-7-13(19(21)22)14(11)16-9/h5-8,10H,1-4H3,(H,16,17)/t10-/m0/s1. The number of amides is 1. The number of fused-ring (bicyclic) bond motifs is 1. The van der Waals surface area contributed by atoms with Crippen LogP contribution < -0.4 is 5.32 Å². The van der Waals surface area contributed by atoms with E-state index in [0.29, 0.717) is 22.3 Å². The number of nitrogens with zero attached hydrogens (tertiary/aromatic N) is 3. The highest BCUT2D eigenvalue weighted by Gasteiger charge is 2.19. The van der Waals surface area contributed by atoms with Gasteiger partial charge < -0.3 is 10.2 Å². The second kappa shape index (κ2) is 5.97. The normalized spacial score (nSPS) is 12.0. The number of rotatable bonds is 4. The molecule has 0 aliphatic heterocycles. The lowest BCUT2D eigenvalue weighted by atomic mass is 10.1. The Morgan fingerprint density at radius 1 is 1.41 bits per heavy atom. The molecule has 7 heteroatoms. The van der Waals surface area contributed by atoms with Crippen LogP contribution in [0.3, 0.4) is 0 Å². The van der Waals surface area contributed by atoms with Gasteiger partial charge in [-0.3, -0.25) is 14.9 Å². The first-order chi connectivity index (χ1) is 10.3. The second-order valence-electron chi connectivity index (χ2n) is 5.34. The van der Waals surface area contributed by atoms with Crippen molar-refractivity contribution >= 4 is 28.2 Å². The first-order valence-electron chi connectivity index (χ1n) is 6.83. The van der Waals surface area contributed by atoms with Crippen molar-refractivity contribution in [3.05, 3.63) is 40.1 Å². The van der Waals surface area contributed by atoms with Crippen LogP contribution in [0.5, 0.6) is 0 Å². The van der Waals surface area contributed by atoms with Gasteiger partial charge in [-0.15, -0.1) is 0 Å². The number of carbonyl (C=O) groups excluding carboxylic acids is 1. The van der Waals surface area contributed by atoms with Gasteiger partial charge in [0.15, 0.2) is 5.52 Å². The Bertz CT molecular complexity index is 743. The van der Waals surface area contributed by atoms with Gasteiger partial charge in [0.1, 0.15) is 6.04 Å². The van der Waals surface area contributed by atoms with Crippen LogP contribution in [0.15, 0.2) is 24.3 Å². The Labute approximate surface area is 128 Å². The van der Waals surface area contributed by atoms with Crippen LogP contribution >= 0.6 is 0 Å². The predicted octanol–water partition coefficient (Wildman–Crippen LogP) is 2.34. The van der Waals surface area contributed by atoms with Gasteiger partial charge in [-0.25, -0.2) is 4.98 Å². The maximum Gasteiger partial charge on any atom is 0.295 e. The summed E-state index contributed by atoms with van der Waals surface area (Å²) in [4.78, 5) is 28.4. The molecule has 0 aliphatic carbocycles. The summed E-state index contributed by atoms with van der Waals surface area (Å²) in [6.07, 6.45) is 0. The Balaban J connectivity index is 2.53. The number of pyridine rings is 1. The highest BCUT2D eigenvalue weighted by atomic mass is 16.6. The molecule has 0 fully saturated rings. The third kappa shape index (κ3) is 2.98. The molecule has 7 nitrogen and oxygen atoms in total. The largest absolute Gasteiger partial charge is 0.373 e. The van der Waals surface area contributed by atoms with E-state index in [1.807, 2.05) is 0 Å². The fourth-order valence-electron chi connectivity index (χ4n) is 2.31. The lowest BCUT2D eigenvalue weighted by molar-refractivity contribution is -0.383. The molecule has 0 unspecified atom stereocenters. The zero-order valence-corrected chi connectivity index (χ0v) is 13.0. The number of likely N-dealkylation sites (N-methyl/N-ethyl adjacent to an activating group) is 1. The lowest BCUT2D eigenvalue weighted by Crippen LogP contribution is -2.36. The third-order valence-electron chi connectivity index (χ3n) is 3.33. The molecular formula is C15H18N4O3. The molecule has 1 aromatic heterocycles. The highest BCUT2D eigenvalue weighted by molar-refractivity contribution is 5.98. The van der Waals surface area contributed by atoms with E-state index in [1.54, 1.807) is 46.1 Å². The van der Waals surface area contributed by atoms with Crippen LogP contribution in [0.1, 0.15) is 12.6 Å². The zero-order chi connectivity index (χ0) is 16.4. The number of aromatic nitrogens is 1. The van der Waals surface area contributed by atoms with Crippen LogP contribution in [0.4, 0.5) is 11.4 Å². The quantitative estimate of drug-likeness (QED) is 0.691. The molecule has 0 spiro atoms. The number of nitrogens with one attached hydrogen (secondary N) is 1. The van der Waals surface area contributed by atoms with E-state index < -0.39 is 11.0 Å². The molecule has 0 bridgehead atoms. The van der Waals surface area contributed by atoms with Crippen LogP contribution in [0.2, 0.25) is 0 Å². The van der Waals surface area contributed by atoms with Gasteiger partial charge in [0.2, 0.25) is 5.91 Å². The minimum Gasteiger partial charge on any atom is -0.373 e. The Morgan fingerprint density at radius 2 is 2.09 bits per heavy atom. The number of nitro groups is 1. The number of carbonyl (C=O) groups is 1. The number of non-ortho nitro benzene ring substituents is 1. The fourth-order valence-corrected chi connectivity index (χ4v) is 2.31. The van der Waals surface area contributed by atoms with E-state index >= 15 is 0 Å². The Kier molecular flexibility index (Phi) is 4.25. The molecule has 0 radical (unpaired) electrons. The molecule has 1 aromatic carbocycles. The van der Waals surface area contributed by atoms with E-state index in [2.05, 4.69) is 10.3 Å². The SMILES string of the molecule is Cc1cc(N[C@@H](C)C(=O)N(C)C)c2cccc([N+](=O)[O-])c2n1. The van der Waals surface area contributed by atoms with Gasteiger partial charge in [-0.2, -0.15) is 0 Å². The van der Waals surface area contributed by atoms with Crippen LogP contribution in [0, 0.1) is 17.0 Å². The number of nitro benzene ring substituents is 1. The second-order valence-corrected chi connectivity index (χ2v) is 5.34. The minimum absolute atomic E-state index is 0.0455. The molecule has 2 rings (SSSR count). The van der Waals surface area contributed by atoms with Gasteiger partial charge in [-0.05, 0) is 19.9 Å². The summed E-state index contributed by atoms with van der Waals surface area (Å²) in [6.45, 7) is 3.51. The minimum atomic E-state index is -0.451. The maximum atomic E-state index is 12.0. The van der Waals surface area contributed by atoms with Crippen LogP contribution in [0.25, 0.3) is 10.9 Å². The fraction of sp³-hybridized carbons (Fsp3) is 0.333. The lowest BCUT2D eigenvalue weighted by Gasteiger charge is -2.20. The molecule has 116 valence electrons. The summed E-state index contributed by atoms with van der Waals surface area (Å²) in [6, 6.07) is 6.13. The molecular weight excluding hydrogens is 284 g/mol. The summed E-state index contributed by atoms with van der Waals surface area (Å²) in [7, 11) is 3.36. The monoisotopic (exact) mass is 302 g/mol. The predicted molar refractivity (Wildman–Crippen MR) is 84.9 cm³/mol. The van der Waals surface area contributed by atoms with Crippen molar-refractivity contribution in [2.24, 2.45) is 0 Å². The summed E-state index contributed by atoms with van der Waals surface area (Å²) < 4.78 is 0. The summed E-state index contributed by atoms with van der Waals surface area (Å²) in [5, 5.41) is 14.9. The van der Waals surface area contributed by atoms with Gasteiger partial charge in [-0.1, -0.05) is 12.1 Å². The number of hydrogen-bond donors (Lipinski definition) is 1. The topological polar surface area (TPSA) is 88.4 Å². The Morgan fingerprint density at radius 3 is 2.68 bits per heavy atom. The van der Waals surface area contributed by atoms with E-state index in [4.69, 9.17) is 0 Å². The van der Waals surface area contributed by atoms with E-state index in [0.717, 1.165) is 0 Å². The summed E-state index contributed by atoms with van der Waals surface area (Å²) in [5.74, 6) is -0.0759. The van der Waals surface area contributed by atoms with Crippen molar-refractivity contribution in [2.75, 3.05) is 19.4 Å². The van der Waals surface area contributed by atoms with Crippen molar-refractivity contribution in [1.82, 2.24) is 9.88 Å². The summed E-state index contributed by atoms with van der Waals surface area (Å²) in [5.41, 5.74) is 1.58. The van der Waals surface area contributed by atoms with Crippen molar-refractivity contribution in [3.8, 4) is 0 Å². The molecule has 0 aliphatic rings. The van der Waals surface area contributed by atoms with E-state index in [-0.39, 0.29) is 11.6 Å². The highest BCUT2D eigenvalue weighted by Crippen LogP contribution is 2.30. The third-order valence-corrected chi connectivity index (χ3v) is 3.33. The molecule has 0 saturated carbocycles. The van der Waals surface area contributed by atoms with Gasteiger partial charge >= 0.3 is 0 Å². The van der Waals surface area contributed by atoms with Gasteiger partial charge in [0.25, 0.3) is 5.69 Å². The number of para-hydroxylation sites is 1. The molecule has 1 amide bonds. The van der Waals surface area contributed by atoms with Gasteiger partial charge in [0.05, 0.1) is 4.92 Å². The first kappa shape index (κ1) is 15.7. The zero-order valence-electron chi connectivity index (χ0n) is 13.0. The molecule has 2 aromatic rings. The number of hydrogen-bond acceptors (Lipinski definition) is 5. The number of aryl methyl sites for hydroxylation is 1. The van der Waals surface area contributed by atoms with Crippen molar-refractivity contribution in [2.45, 2.75) is 19.9 Å². The summed E-state index contributed by atoms with van der Waals surface area (Å²) >= 11 is 0. The molecule has 1 N–H and O–H groups in total. The van der Waals surface area contributed by atoms with Gasteiger partial charge in [0, 0.05) is 36.9 Å². The molecule has 0 saturated heterocycles. The maximum absolute atomic E-state index is 12.0. The van der Waals surface area contributed by atoms with Crippen molar-refractivity contribution < 1.29 is 9.72 Å². The van der Waals surface area contributed by atoms with E-state index in [1.165, 1.54) is 11.0 Å². The number of anilines is 1. The van der Waals surface area contributed by atoms with Crippen LogP contribution in [-0.2, 0) is 4.79 Å². The van der Waals surface area contributed by atoms with Crippen LogP contribution in [-0.4, -0.2) is 40.9 Å². The van der Waals surface area contributed by atoms with Crippen molar-refractivity contribution in [1.29, 1.82) is 0 Å².